The van der Waals surface area contributed by atoms with Crippen LogP contribution in [0.2, 0.25) is 0 Å². The Hall–Kier alpha value is -0.0800. The summed E-state index contributed by atoms with van der Waals surface area (Å²) in [5.41, 5.74) is 0.432. The van der Waals surface area contributed by atoms with E-state index in [0.717, 1.165) is 12.0 Å². The third kappa shape index (κ3) is 2.14. The first kappa shape index (κ1) is 12.4. The third-order valence-corrected chi connectivity index (χ3v) is 4.89. The lowest BCUT2D eigenvalue weighted by Crippen LogP contribution is -2.66. The van der Waals surface area contributed by atoms with Crippen LogP contribution in [0.25, 0.3) is 0 Å². The highest BCUT2D eigenvalue weighted by Crippen LogP contribution is 2.45. The van der Waals surface area contributed by atoms with Crippen molar-refractivity contribution in [2.24, 2.45) is 5.92 Å². The molecule has 2 rings (SSSR count). The highest BCUT2D eigenvalue weighted by Gasteiger charge is 2.48. The van der Waals surface area contributed by atoms with Gasteiger partial charge in [-0.25, -0.2) is 0 Å². The van der Waals surface area contributed by atoms with Crippen molar-refractivity contribution in [2.75, 3.05) is 13.1 Å². The van der Waals surface area contributed by atoms with E-state index < -0.39 is 0 Å². The molecule has 1 aliphatic heterocycles. The second-order valence-electron chi connectivity index (χ2n) is 6.03. The molecule has 0 amide bonds. The normalized spacial score (nSPS) is 38.6. The molecule has 1 aliphatic carbocycles. The van der Waals surface area contributed by atoms with E-state index in [9.17, 15) is 0 Å². The van der Waals surface area contributed by atoms with Crippen LogP contribution < -0.4 is 5.32 Å². The van der Waals surface area contributed by atoms with Gasteiger partial charge in [0.1, 0.15) is 0 Å². The van der Waals surface area contributed by atoms with E-state index in [0.29, 0.717) is 11.6 Å². The van der Waals surface area contributed by atoms with Gasteiger partial charge in [-0.2, -0.15) is 0 Å². The molecule has 1 saturated heterocycles. The Morgan fingerprint density at radius 3 is 2.56 bits per heavy atom. The van der Waals surface area contributed by atoms with Gasteiger partial charge in [0.05, 0.1) is 0 Å². The third-order valence-electron chi connectivity index (χ3n) is 4.89. The van der Waals surface area contributed by atoms with Crippen LogP contribution in [0.15, 0.2) is 0 Å². The molecule has 3 unspecified atom stereocenters. The van der Waals surface area contributed by atoms with Crippen molar-refractivity contribution < 1.29 is 0 Å². The Kier molecular flexibility index (Phi) is 3.60. The van der Waals surface area contributed by atoms with E-state index in [2.05, 4.69) is 37.9 Å². The van der Waals surface area contributed by atoms with Crippen molar-refractivity contribution >= 4 is 0 Å². The minimum atomic E-state index is 0.432. The summed E-state index contributed by atoms with van der Waals surface area (Å²) in [6.07, 6.45) is 5.43. The lowest BCUT2D eigenvalue weighted by atomic mass is 9.87. The second-order valence-corrected chi connectivity index (χ2v) is 6.03. The average molecular weight is 224 g/mol. The Bertz CT molecular complexity index is 237. The number of piperazine rings is 1. The molecular weight excluding hydrogens is 196 g/mol. The van der Waals surface area contributed by atoms with Crippen molar-refractivity contribution in [1.29, 1.82) is 0 Å². The number of nitrogens with one attached hydrogen (secondary N) is 1. The van der Waals surface area contributed by atoms with Crippen LogP contribution in [0.5, 0.6) is 0 Å². The molecule has 94 valence electrons. The fourth-order valence-corrected chi connectivity index (χ4v) is 3.22. The summed E-state index contributed by atoms with van der Waals surface area (Å²) >= 11 is 0. The summed E-state index contributed by atoms with van der Waals surface area (Å²) in [5, 5.41) is 3.75. The van der Waals surface area contributed by atoms with Gasteiger partial charge < -0.3 is 5.32 Å². The minimum absolute atomic E-state index is 0.432. The van der Waals surface area contributed by atoms with Crippen LogP contribution in [0.4, 0.5) is 0 Å². The van der Waals surface area contributed by atoms with Crippen molar-refractivity contribution in [3.63, 3.8) is 0 Å². The topological polar surface area (TPSA) is 15.3 Å². The molecule has 2 nitrogen and oxygen atoms in total. The number of nitrogens with zero attached hydrogens (tertiary/aromatic N) is 1. The van der Waals surface area contributed by atoms with Crippen LogP contribution in [0.3, 0.4) is 0 Å². The largest absolute Gasteiger partial charge is 0.311 e. The van der Waals surface area contributed by atoms with E-state index in [1.807, 2.05) is 0 Å². The van der Waals surface area contributed by atoms with Crippen LogP contribution in [0, 0.1) is 5.92 Å². The molecule has 0 aromatic carbocycles. The van der Waals surface area contributed by atoms with E-state index >= 15 is 0 Å². The fraction of sp³-hybridized carbons (Fsp3) is 1.00. The van der Waals surface area contributed by atoms with Crippen LogP contribution in [0.1, 0.15) is 53.4 Å². The molecule has 1 saturated carbocycles. The molecule has 2 heteroatoms. The first-order valence-electron chi connectivity index (χ1n) is 7.12. The van der Waals surface area contributed by atoms with E-state index in [1.165, 1.54) is 38.8 Å². The second kappa shape index (κ2) is 4.66. The van der Waals surface area contributed by atoms with Crippen molar-refractivity contribution in [3.8, 4) is 0 Å². The maximum atomic E-state index is 3.75. The van der Waals surface area contributed by atoms with Gasteiger partial charge >= 0.3 is 0 Å². The number of hydrogen-bond donors (Lipinski definition) is 1. The summed E-state index contributed by atoms with van der Waals surface area (Å²) in [4.78, 5) is 2.80. The standard InChI is InChI=1S/C14H28N2/c1-5-11(3)16-9-13(6-2)15-10-14(16,4)12-7-8-12/h11-13,15H,5-10H2,1-4H3. The molecule has 0 spiro atoms. The summed E-state index contributed by atoms with van der Waals surface area (Å²) in [6.45, 7) is 11.9. The maximum absolute atomic E-state index is 3.75. The van der Waals surface area contributed by atoms with Crippen molar-refractivity contribution in [1.82, 2.24) is 10.2 Å². The van der Waals surface area contributed by atoms with E-state index in [1.54, 1.807) is 0 Å². The Balaban J connectivity index is 2.10. The maximum Gasteiger partial charge on any atom is 0.0337 e. The van der Waals surface area contributed by atoms with Crippen molar-refractivity contribution in [3.05, 3.63) is 0 Å². The zero-order valence-corrected chi connectivity index (χ0v) is 11.4. The molecule has 1 heterocycles. The average Bonchev–Trinajstić information content (AvgIpc) is 3.13. The molecule has 0 bridgehead atoms. The SMILES string of the molecule is CCC1CN(C(C)CC)C(C)(C2CC2)CN1. The Morgan fingerprint density at radius 1 is 1.38 bits per heavy atom. The zero-order valence-electron chi connectivity index (χ0n) is 11.4. The van der Waals surface area contributed by atoms with Crippen molar-refractivity contribution in [2.45, 2.75) is 71.0 Å². The van der Waals surface area contributed by atoms with E-state index in [-0.39, 0.29) is 0 Å². The smallest absolute Gasteiger partial charge is 0.0337 e. The van der Waals surface area contributed by atoms with Gasteiger partial charge in [-0.3, -0.25) is 4.90 Å². The molecule has 0 radical (unpaired) electrons. The van der Waals surface area contributed by atoms with Gasteiger partial charge in [0.25, 0.3) is 0 Å². The Labute approximate surface area is 101 Å². The van der Waals surface area contributed by atoms with Gasteiger partial charge in [0, 0.05) is 30.7 Å². The first-order chi connectivity index (χ1) is 7.61. The predicted molar refractivity (Wildman–Crippen MR) is 69.7 cm³/mol. The predicted octanol–water partition coefficient (Wildman–Crippen LogP) is 2.64. The molecule has 0 aromatic heterocycles. The lowest BCUT2D eigenvalue weighted by Gasteiger charge is -2.51. The van der Waals surface area contributed by atoms with E-state index in [4.69, 9.17) is 0 Å². The van der Waals surface area contributed by atoms with Gasteiger partial charge in [-0.05, 0) is 45.4 Å². The van der Waals surface area contributed by atoms with Crippen LogP contribution in [-0.2, 0) is 0 Å². The molecule has 0 aromatic rings. The van der Waals surface area contributed by atoms with Gasteiger partial charge in [0.2, 0.25) is 0 Å². The van der Waals surface area contributed by atoms with Gasteiger partial charge in [-0.15, -0.1) is 0 Å². The number of hydrogen-bond acceptors (Lipinski definition) is 2. The summed E-state index contributed by atoms with van der Waals surface area (Å²) in [5.74, 6) is 0.951. The Morgan fingerprint density at radius 2 is 2.06 bits per heavy atom. The number of rotatable bonds is 4. The monoisotopic (exact) mass is 224 g/mol. The highest BCUT2D eigenvalue weighted by molar-refractivity contribution is 5.05. The molecule has 2 fully saturated rings. The molecule has 16 heavy (non-hydrogen) atoms. The van der Waals surface area contributed by atoms with Crippen LogP contribution >= 0.6 is 0 Å². The summed E-state index contributed by atoms with van der Waals surface area (Å²) in [7, 11) is 0. The summed E-state index contributed by atoms with van der Waals surface area (Å²) < 4.78 is 0. The minimum Gasteiger partial charge on any atom is -0.311 e. The first-order valence-corrected chi connectivity index (χ1v) is 7.12. The quantitative estimate of drug-likeness (QED) is 0.790. The highest BCUT2D eigenvalue weighted by atomic mass is 15.3. The molecule has 3 atom stereocenters. The van der Waals surface area contributed by atoms with Crippen LogP contribution in [-0.4, -0.2) is 35.6 Å². The summed E-state index contributed by atoms with van der Waals surface area (Å²) in [6, 6.07) is 1.45. The molecule has 1 N–H and O–H groups in total. The van der Waals surface area contributed by atoms with Gasteiger partial charge in [-0.1, -0.05) is 13.8 Å². The molecule has 2 aliphatic rings. The molecular formula is C14H28N2. The lowest BCUT2D eigenvalue weighted by molar-refractivity contribution is 0.00189. The van der Waals surface area contributed by atoms with Gasteiger partial charge in [0.15, 0.2) is 0 Å². The fourth-order valence-electron chi connectivity index (χ4n) is 3.22. The zero-order chi connectivity index (χ0) is 11.8.